The SMILES string of the molecule is C=C1C[C@H]2[C@@H]3CC(=O)C4=CC(=O)C=C[C@]4(C)[C@@]3(F)[C@@H](O)C[C@]2(C)[C@@]1(O)C(=O)OCF. The van der Waals surface area contributed by atoms with E-state index in [2.05, 4.69) is 11.3 Å². The molecule has 4 aliphatic carbocycles. The van der Waals surface area contributed by atoms with Crippen LogP contribution < -0.4 is 0 Å². The van der Waals surface area contributed by atoms with Crippen molar-refractivity contribution in [3.63, 3.8) is 0 Å². The zero-order valence-electron chi connectivity index (χ0n) is 16.8. The van der Waals surface area contributed by atoms with Crippen LogP contribution in [0.1, 0.15) is 33.1 Å². The lowest BCUT2D eigenvalue weighted by molar-refractivity contribution is -0.221. The van der Waals surface area contributed by atoms with Gasteiger partial charge in [0.05, 0.1) is 11.5 Å². The average Bonchev–Trinajstić information content (AvgIpc) is 2.88. The highest BCUT2D eigenvalue weighted by Crippen LogP contribution is 2.70. The summed E-state index contributed by atoms with van der Waals surface area (Å²) in [4.78, 5) is 37.3. The van der Waals surface area contributed by atoms with Crippen LogP contribution in [0, 0.1) is 22.7 Å². The molecule has 162 valence electrons. The first-order chi connectivity index (χ1) is 13.9. The number of Topliss-reactive ketones (excluding diaryl/α,β-unsaturated/α-hetero) is 1. The number of rotatable bonds is 2. The molecule has 0 saturated heterocycles. The Kier molecular flexibility index (Phi) is 4.33. The predicted octanol–water partition coefficient (Wildman–Crippen LogP) is 1.90. The quantitative estimate of drug-likeness (QED) is 0.521. The van der Waals surface area contributed by atoms with Crippen LogP contribution in [-0.4, -0.2) is 52.0 Å². The molecule has 2 N–H and O–H groups in total. The highest BCUT2D eigenvalue weighted by atomic mass is 19.1. The molecule has 0 heterocycles. The highest BCUT2D eigenvalue weighted by molar-refractivity contribution is 6.10. The first kappa shape index (κ1) is 21.1. The van der Waals surface area contributed by atoms with E-state index in [0.29, 0.717) is 0 Å². The largest absolute Gasteiger partial charge is 0.431 e. The molecule has 0 unspecified atom stereocenters. The van der Waals surface area contributed by atoms with Crippen LogP contribution in [-0.2, 0) is 19.1 Å². The van der Waals surface area contributed by atoms with Gasteiger partial charge in [-0.25, -0.2) is 13.6 Å². The van der Waals surface area contributed by atoms with Crippen LogP contribution >= 0.6 is 0 Å². The summed E-state index contributed by atoms with van der Waals surface area (Å²) in [6, 6.07) is 0. The summed E-state index contributed by atoms with van der Waals surface area (Å²) < 4.78 is 34.0. The minimum atomic E-state index is -2.32. The summed E-state index contributed by atoms with van der Waals surface area (Å²) in [5, 5.41) is 22.3. The smallest absolute Gasteiger partial charge is 0.345 e. The third-order valence-electron chi connectivity index (χ3n) is 8.16. The van der Waals surface area contributed by atoms with Crippen LogP contribution in [0.3, 0.4) is 0 Å². The predicted molar refractivity (Wildman–Crippen MR) is 100 cm³/mol. The molecule has 0 bridgehead atoms. The van der Waals surface area contributed by atoms with E-state index in [1.807, 2.05) is 0 Å². The Bertz CT molecular complexity index is 940. The van der Waals surface area contributed by atoms with Crippen molar-refractivity contribution in [2.75, 3.05) is 6.86 Å². The van der Waals surface area contributed by atoms with Crippen molar-refractivity contribution in [1.29, 1.82) is 0 Å². The molecule has 0 spiro atoms. The van der Waals surface area contributed by atoms with Crippen molar-refractivity contribution in [1.82, 2.24) is 0 Å². The monoisotopic (exact) mass is 422 g/mol. The molecule has 0 aromatic rings. The van der Waals surface area contributed by atoms with Gasteiger partial charge in [0.1, 0.15) is 0 Å². The van der Waals surface area contributed by atoms with Crippen molar-refractivity contribution < 1.29 is 38.1 Å². The van der Waals surface area contributed by atoms with Gasteiger partial charge in [0.2, 0.25) is 6.86 Å². The van der Waals surface area contributed by atoms with Gasteiger partial charge < -0.3 is 14.9 Å². The standard InChI is InChI=1S/C22H24F2O6/c1-11-6-13-14-8-16(26)15-7-12(25)4-5-19(15,2)21(14,24)17(27)9-20(13,3)22(11,29)18(28)30-10-23/h4-5,7,13-14,17,27,29H,1,6,8-10H2,2-3H3/t13-,14-,17-,19-,20-,21-,22-/m0/s1. The Morgan fingerprint density at radius 3 is 2.60 bits per heavy atom. The van der Waals surface area contributed by atoms with E-state index in [1.54, 1.807) is 0 Å². The molecule has 0 aromatic heterocycles. The maximum absolute atomic E-state index is 16.9. The second-order valence-corrected chi connectivity index (χ2v) is 9.30. The summed E-state index contributed by atoms with van der Waals surface area (Å²) in [6.45, 7) is 5.30. The number of esters is 1. The molecule has 0 aromatic carbocycles. The van der Waals surface area contributed by atoms with Gasteiger partial charge in [0.15, 0.2) is 22.8 Å². The Labute approximate surface area is 172 Å². The summed E-state index contributed by atoms with van der Waals surface area (Å²) in [6.07, 6.45) is 1.35. The molecule has 30 heavy (non-hydrogen) atoms. The van der Waals surface area contributed by atoms with E-state index in [0.717, 1.165) is 6.08 Å². The molecule has 0 radical (unpaired) electrons. The Hall–Kier alpha value is -2.19. The number of halogens is 2. The number of aliphatic hydroxyl groups excluding tert-OH is 1. The van der Waals surface area contributed by atoms with E-state index in [-0.39, 0.29) is 30.4 Å². The van der Waals surface area contributed by atoms with Gasteiger partial charge in [0.25, 0.3) is 0 Å². The lowest BCUT2D eigenvalue weighted by Crippen LogP contribution is -2.70. The molecule has 0 amide bonds. The Balaban J connectivity index is 1.86. The fraction of sp³-hybridized carbons (Fsp3) is 0.591. The first-order valence-electron chi connectivity index (χ1n) is 9.87. The molecule has 3 fully saturated rings. The van der Waals surface area contributed by atoms with Crippen molar-refractivity contribution in [3.05, 3.63) is 36.0 Å². The summed E-state index contributed by atoms with van der Waals surface area (Å²) in [5.74, 6) is -3.87. The third kappa shape index (κ3) is 2.16. The Morgan fingerprint density at radius 2 is 1.97 bits per heavy atom. The number of allylic oxidation sites excluding steroid dienone is 4. The zero-order chi connectivity index (χ0) is 22.3. The van der Waals surface area contributed by atoms with Crippen molar-refractivity contribution in [3.8, 4) is 0 Å². The normalized spacial score (nSPS) is 47.3. The summed E-state index contributed by atoms with van der Waals surface area (Å²) >= 11 is 0. The van der Waals surface area contributed by atoms with Gasteiger partial charge in [-0.05, 0) is 43.4 Å². The maximum atomic E-state index is 16.9. The maximum Gasteiger partial charge on any atom is 0.345 e. The fourth-order valence-electron chi connectivity index (χ4n) is 6.53. The number of hydrogen-bond acceptors (Lipinski definition) is 6. The summed E-state index contributed by atoms with van der Waals surface area (Å²) in [5.41, 5.74) is -7.53. The number of ether oxygens (including phenoxy) is 1. The van der Waals surface area contributed by atoms with Gasteiger partial charge >= 0.3 is 5.97 Å². The number of fused-ring (bicyclic) bond motifs is 5. The minimum absolute atomic E-state index is 0.0142. The van der Waals surface area contributed by atoms with Crippen LogP contribution in [0.5, 0.6) is 0 Å². The average molecular weight is 422 g/mol. The van der Waals surface area contributed by atoms with Gasteiger partial charge in [0, 0.05) is 23.3 Å². The molecule has 4 rings (SSSR count). The lowest BCUT2D eigenvalue weighted by atomic mass is 9.44. The van der Waals surface area contributed by atoms with Gasteiger partial charge in [-0.1, -0.05) is 19.6 Å². The van der Waals surface area contributed by atoms with Gasteiger partial charge in [-0.3, -0.25) is 9.59 Å². The molecule has 0 aliphatic heterocycles. The van der Waals surface area contributed by atoms with Crippen LogP contribution in [0.4, 0.5) is 8.78 Å². The molecule has 7 atom stereocenters. The van der Waals surface area contributed by atoms with Crippen LogP contribution in [0.25, 0.3) is 0 Å². The molecule has 3 saturated carbocycles. The summed E-state index contributed by atoms with van der Waals surface area (Å²) in [7, 11) is 0. The van der Waals surface area contributed by atoms with E-state index in [9.17, 15) is 29.0 Å². The second-order valence-electron chi connectivity index (χ2n) is 9.30. The third-order valence-corrected chi connectivity index (χ3v) is 8.16. The number of carbonyl (C=O) groups is 3. The topological polar surface area (TPSA) is 101 Å². The van der Waals surface area contributed by atoms with Gasteiger partial charge in [-0.2, -0.15) is 0 Å². The first-order valence-corrected chi connectivity index (χ1v) is 9.87. The van der Waals surface area contributed by atoms with Crippen molar-refractivity contribution in [2.24, 2.45) is 22.7 Å². The number of hydrogen-bond donors (Lipinski definition) is 2. The number of alkyl halides is 2. The highest BCUT2D eigenvalue weighted by Gasteiger charge is 2.76. The fourth-order valence-corrected chi connectivity index (χ4v) is 6.53. The Morgan fingerprint density at radius 1 is 1.30 bits per heavy atom. The number of ketones is 2. The molecule has 8 heteroatoms. The number of carbonyl (C=O) groups excluding carboxylic acids is 3. The van der Waals surface area contributed by atoms with Crippen LogP contribution in [0.2, 0.25) is 0 Å². The van der Waals surface area contributed by atoms with Crippen molar-refractivity contribution in [2.45, 2.75) is 50.5 Å². The molecular formula is C22H24F2O6. The molecule has 4 aliphatic rings. The van der Waals surface area contributed by atoms with Crippen LogP contribution in [0.15, 0.2) is 36.0 Å². The number of aliphatic hydroxyl groups is 2. The van der Waals surface area contributed by atoms with E-state index in [4.69, 9.17) is 0 Å². The van der Waals surface area contributed by atoms with E-state index in [1.165, 1.54) is 26.0 Å². The second kappa shape index (κ2) is 6.17. The zero-order valence-corrected chi connectivity index (χ0v) is 16.8. The molecule has 6 nitrogen and oxygen atoms in total. The van der Waals surface area contributed by atoms with E-state index < -0.39 is 64.4 Å². The lowest BCUT2D eigenvalue weighted by Gasteiger charge is -2.61. The molecular weight excluding hydrogens is 398 g/mol. The van der Waals surface area contributed by atoms with Gasteiger partial charge in [-0.15, -0.1) is 0 Å². The van der Waals surface area contributed by atoms with E-state index >= 15 is 4.39 Å². The van der Waals surface area contributed by atoms with Crippen molar-refractivity contribution >= 4 is 17.5 Å². The minimum Gasteiger partial charge on any atom is -0.431 e.